The second-order valence-corrected chi connectivity index (χ2v) is 4.71. The molecule has 0 aromatic carbocycles. The maximum atomic E-state index is 3.56. The van der Waals surface area contributed by atoms with Crippen LogP contribution in [0.2, 0.25) is 0 Å². The molecule has 1 rings (SSSR count). The van der Waals surface area contributed by atoms with E-state index in [1.54, 1.807) is 11.3 Å². The zero-order chi connectivity index (χ0) is 9.52. The summed E-state index contributed by atoms with van der Waals surface area (Å²) in [6.07, 6.45) is 3.36. The molecule has 1 atom stereocenters. The molecule has 1 heterocycles. The Bertz CT molecular complexity index is 209. The second-order valence-electron chi connectivity index (χ2n) is 3.02. The summed E-state index contributed by atoms with van der Waals surface area (Å²) in [4.78, 5) is 0. The Hall–Kier alpha value is 0.01000. The summed E-state index contributed by atoms with van der Waals surface area (Å²) in [5, 5.41) is 7.95. The van der Waals surface area contributed by atoms with Gasteiger partial charge in [0.2, 0.25) is 0 Å². The Kier molecular flexibility index (Phi) is 5.51. The van der Waals surface area contributed by atoms with Crippen LogP contribution in [0.15, 0.2) is 16.8 Å². The highest BCUT2D eigenvalue weighted by Gasteiger charge is 2.09. The third kappa shape index (κ3) is 3.71. The third-order valence-electron chi connectivity index (χ3n) is 1.92. The van der Waals surface area contributed by atoms with Crippen LogP contribution in [0.5, 0.6) is 0 Å². The molecule has 0 bridgehead atoms. The van der Waals surface area contributed by atoms with Crippen LogP contribution in [0, 0.1) is 0 Å². The Morgan fingerprint density at radius 1 is 1.62 bits per heavy atom. The highest BCUT2D eigenvalue weighted by Crippen LogP contribution is 2.19. The van der Waals surface area contributed by atoms with E-state index in [4.69, 9.17) is 0 Å². The van der Waals surface area contributed by atoms with Gasteiger partial charge in [0, 0.05) is 11.8 Å². The van der Waals surface area contributed by atoms with E-state index in [9.17, 15) is 0 Å². The summed E-state index contributed by atoms with van der Waals surface area (Å²) in [6, 6.07) is 2.76. The van der Waals surface area contributed by atoms with Gasteiger partial charge in [-0.1, -0.05) is 6.92 Å². The molecule has 0 aliphatic carbocycles. The molecular weight excluding hydrogens is 198 g/mol. The SMILES string of the molecule is CCCNC(CSC)c1ccsc1. The topological polar surface area (TPSA) is 12.0 Å². The van der Waals surface area contributed by atoms with Crippen LogP contribution in [-0.2, 0) is 0 Å². The Morgan fingerprint density at radius 3 is 3.00 bits per heavy atom. The van der Waals surface area contributed by atoms with Crippen molar-refractivity contribution in [3.8, 4) is 0 Å². The Labute approximate surface area is 88.9 Å². The maximum absolute atomic E-state index is 3.56. The van der Waals surface area contributed by atoms with Crippen molar-refractivity contribution >= 4 is 23.1 Å². The van der Waals surface area contributed by atoms with Gasteiger partial charge in [-0.2, -0.15) is 23.1 Å². The van der Waals surface area contributed by atoms with Gasteiger partial charge < -0.3 is 5.32 Å². The summed E-state index contributed by atoms with van der Waals surface area (Å²) in [7, 11) is 0. The molecule has 74 valence electrons. The standard InChI is InChI=1S/C10H17NS2/c1-3-5-11-10(8-12-2)9-4-6-13-7-9/h4,6-7,10-11H,3,5,8H2,1-2H3. The van der Waals surface area contributed by atoms with Crippen molar-refractivity contribution in [1.29, 1.82) is 0 Å². The molecule has 0 fully saturated rings. The van der Waals surface area contributed by atoms with Crippen LogP contribution in [0.4, 0.5) is 0 Å². The van der Waals surface area contributed by atoms with Crippen LogP contribution in [0.3, 0.4) is 0 Å². The van der Waals surface area contributed by atoms with Gasteiger partial charge >= 0.3 is 0 Å². The predicted octanol–water partition coefficient (Wildman–Crippen LogP) is 3.15. The Morgan fingerprint density at radius 2 is 2.46 bits per heavy atom. The van der Waals surface area contributed by atoms with Crippen molar-refractivity contribution < 1.29 is 0 Å². The molecule has 13 heavy (non-hydrogen) atoms. The van der Waals surface area contributed by atoms with Gasteiger partial charge in [-0.05, 0) is 41.6 Å². The smallest absolute Gasteiger partial charge is 0.0420 e. The fourth-order valence-electron chi connectivity index (χ4n) is 1.23. The lowest BCUT2D eigenvalue weighted by Crippen LogP contribution is -2.23. The average molecular weight is 215 g/mol. The minimum Gasteiger partial charge on any atom is -0.309 e. The zero-order valence-corrected chi connectivity index (χ0v) is 9.88. The molecule has 0 radical (unpaired) electrons. The molecule has 0 amide bonds. The fraction of sp³-hybridized carbons (Fsp3) is 0.600. The molecule has 1 aromatic rings. The van der Waals surface area contributed by atoms with Crippen LogP contribution < -0.4 is 5.32 Å². The number of rotatable bonds is 6. The van der Waals surface area contributed by atoms with Crippen molar-refractivity contribution in [3.63, 3.8) is 0 Å². The number of hydrogen-bond donors (Lipinski definition) is 1. The largest absolute Gasteiger partial charge is 0.309 e. The highest BCUT2D eigenvalue weighted by molar-refractivity contribution is 7.98. The lowest BCUT2D eigenvalue weighted by atomic mass is 10.2. The molecule has 3 heteroatoms. The van der Waals surface area contributed by atoms with Crippen molar-refractivity contribution in [2.75, 3.05) is 18.6 Å². The first-order valence-electron chi connectivity index (χ1n) is 4.63. The molecule has 0 saturated heterocycles. The van der Waals surface area contributed by atoms with E-state index in [0.717, 1.165) is 12.3 Å². The van der Waals surface area contributed by atoms with Gasteiger partial charge in [-0.25, -0.2) is 0 Å². The van der Waals surface area contributed by atoms with E-state index in [2.05, 4.69) is 35.3 Å². The normalized spacial score (nSPS) is 13.1. The monoisotopic (exact) mass is 215 g/mol. The van der Waals surface area contributed by atoms with Crippen molar-refractivity contribution in [1.82, 2.24) is 5.32 Å². The highest BCUT2D eigenvalue weighted by atomic mass is 32.2. The van der Waals surface area contributed by atoms with Gasteiger partial charge in [0.1, 0.15) is 0 Å². The van der Waals surface area contributed by atoms with Crippen molar-refractivity contribution in [2.45, 2.75) is 19.4 Å². The van der Waals surface area contributed by atoms with Gasteiger partial charge in [-0.15, -0.1) is 0 Å². The summed E-state index contributed by atoms with van der Waals surface area (Å²) in [5.41, 5.74) is 1.44. The zero-order valence-electron chi connectivity index (χ0n) is 8.25. The van der Waals surface area contributed by atoms with Crippen LogP contribution >= 0.6 is 23.1 Å². The third-order valence-corrected chi connectivity index (χ3v) is 3.29. The first-order valence-corrected chi connectivity index (χ1v) is 6.96. The summed E-state index contributed by atoms with van der Waals surface area (Å²) in [5.74, 6) is 1.16. The predicted molar refractivity (Wildman–Crippen MR) is 63.7 cm³/mol. The van der Waals surface area contributed by atoms with Crippen LogP contribution in [0.1, 0.15) is 24.9 Å². The molecule has 0 spiro atoms. The minimum atomic E-state index is 0.543. The number of hydrogen-bond acceptors (Lipinski definition) is 3. The van der Waals surface area contributed by atoms with Gasteiger partial charge in [0.05, 0.1) is 0 Å². The fourth-order valence-corrected chi connectivity index (χ4v) is 2.59. The first kappa shape index (κ1) is 11.1. The van der Waals surface area contributed by atoms with Crippen LogP contribution in [0.25, 0.3) is 0 Å². The molecule has 1 aromatic heterocycles. The minimum absolute atomic E-state index is 0.543. The number of thioether (sulfide) groups is 1. The summed E-state index contributed by atoms with van der Waals surface area (Å²) < 4.78 is 0. The van der Waals surface area contributed by atoms with E-state index in [1.165, 1.54) is 12.0 Å². The maximum Gasteiger partial charge on any atom is 0.0420 e. The molecule has 1 N–H and O–H groups in total. The summed E-state index contributed by atoms with van der Waals surface area (Å²) >= 11 is 3.68. The number of nitrogens with one attached hydrogen (secondary N) is 1. The number of thiophene rings is 1. The van der Waals surface area contributed by atoms with E-state index >= 15 is 0 Å². The molecule has 0 aliphatic rings. The molecular formula is C10H17NS2. The summed E-state index contributed by atoms with van der Waals surface area (Å²) in [6.45, 7) is 3.32. The quantitative estimate of drug-likeness (QED) is 0.782. The molecule has 0 aliphatic heterocycles. The Balaban J connectivity index is 2.47. The van der Waals surface area contributed by atoms with Crippen LogP contribution in [-0.4, -0.2) is 18.6 Å². The average Bonchev–Trinajstić information content (AvgIpc) is 2.65. The lowest BCUT2D eigenvalue weighted by Gasteiger charge is -2.15. The van der Waals surface area contributed by atoms with Crippen molar-refractivity contribution in [3.05, 3.63) is 22.4 Å². The molecule has 0 saturated carbocycles. The van der Waals surface area contributed by atoms with Gasteiger partial charge in [0.25, 0.3) is 0 Å². The second kappa shape index (κ2) is 6.46. The van der Waals surface area contributed by atoms with Crippen molar-refractivity contribution in [2.24, 2.45) is 0 Å². The molecule has 1 nitrogen and oxygen atoms in total. The lowest BCUT2D eigenvalue weighted by molar-refractivity contribution is 0.579. The molecule has 1 unspecified atom stereocenters. The van der Waals surface area contributed by atoms with Gasteiger partial charge in [0.15, 0.2) is 0 Å². The first-order chi connectivity index (χ1) is 6.38. The van der Waals surface area contributed by atoms with E-state index in [-0.39, 0.29) is 0 Å². The van der Waals surface area contributed by atoms with E-state index in [1.807, 2.05) is 11.8 Å². The van der Waals surface area contributed by atoms with Gasteiger partial charge in [-0.3, -0.25) is 0 Å². The van der Waals surface area contributed by atoms with E-state index in [0.29, 0.717) is 6.04 Å². The van der Waals surface area contributed by atoms with E-state index < -0.39 is 0 Å².